The highest BCUT2D eigenvalue weighted by Gasteiger charge is 2.07. The third-order valence-electron chi connectivity index (χ3n) is 2.85. The molecule has 2 rings (SSSR count). The number of rotatable bonds is 6. The van der Waals surface area contributed by atoms with Crippen LogP contribution >= 0.6 is 0 Å². The minimum absolute atomic E-state index is 0.629. The van der Waals surface area contributed by atoms with E-state index in [2.05, 4.69) is 16.9 Å². The molecule has 100 valence electrons. The van der Waals surface area contributed by atoms with Crippen molar-refractivity contribution in [2.45, 2.75) is 0 Å². The molecule has 0 saturated carbocycles. The standard InChI is InChI=1S/C15H18N2O2/c1-11(16-8-9-18-2)14-10-15(19-3)12-6-4-5-7-13(12)17-14/h4-7,10,16H,1,8-9H2,2-3H3. The zero-order chi connectivity index (χ0) is 13.7. The van der Waals surface area contributed by atoms with Crippen LogP contribution in [0, 0.1) is 0 Å². The van der Waals surface area contributed by atoms with Crippen molar-refractivity contribution in [1.29, 1.82) is 0 Å². The first-order valence-corrected chi connectivity index (χ1v) is 6.12. The minimum Gasteiger partial charge on any atom is -0.496 e. The third-order valence-corrected chi connectivity index (χ3v) is 2.85. The van der Waals surface area contributed by atoms with E-state index in [1.165, 1.54) is 0 Å². The summed E-state index contributed by atoms with van der Waals surface area (Å²) < 4.78 is 10.4. The summed E-state index contributed by atoms with van der Waals surface area (Å²) in [7, 11) is 3.33. The maximum atomic E-state index is 5.41. The van der Waals surface area contributed by atoms with Gasteiger partial charge in [0.2, 0.25) is 0 Å². The largest absolute Gasteiger partial charge is 0.496 e. The van der Waals surface area contributed by atoms with Crippen LogP contribution in [-0.2, 0) is 4.74 Å². The molecule has 1 aromatic carbocycles. The van der Waals surface area contributed by atoms with Crippen molar-refractivity contribution >= 4 is 16.6 Å². The lowest BCUT2D eigenvalue weighted by Gasteiger charge is -2.12. The summed E-state index contributed by atoms with van der Waals surface area (Å²) >= 11 is 0. The van der Waals surface area contributed by atoms with Crippen LogP contribution in [0.2, 0.25) is 0 Å². The van der Waals surface area contributed by atoms with Gasteiger partial charge >= 0.3 is 0 Å². The fraction of sp³-hybridized carbons (Fsp3) is 0.267. The topological polar surface area (TPSA) is 43.4 Å². The maximum Gasteiger partial charge on any atom is 0.130 e. The number of fused-ring (bicyclic) bond motifs is 1. The first kappa shape index (κ1) is 13.4. The molecule has 0 spiro atoms. The number of nitrogens with zero attached hydrogens (tertiary/aromatic N) is 1. The van der Waals surface area contributed by atoms with E-state index in [1.54, 1.807) is 14.2 Å². The number of ether oxygens (including phenoxy) is 2. The number of aromatic nitrogens is 1. The Morgan fingerprint density at radius 2 is 2.11 bits per heavy atom. The van der Waals surface area contributed by atoms with Gasteiger partial charge in [0.1, 0.15) is 5.75 Å². The van der Waals surface area contributed by atoms with Gasteiger partial charge in [-0.15, -0.1) is 0 Å². The molecule has 0 aliphatic carbocycles. The van der Waals surface area contributed by atoms with Crippen molar-refractivity contribution in [1.82, 2.24) is 10.3 Å². The minimum atomic E-state index is 0.629. The summed E-state index contributed by atoms with van der Waals surface area (Å²) in [6.45, 7) is 5.32. The monoisotopic (exact) mass is 258 g/mol. The highest BCUT2D eigenvalue weighted by molar-refractivity contribution is 5.86. The highest BCUT2D eigenvalue weighted by atomic mass is 16.5. The first-order chi connectivity index (χ1) is 9.26. The van der Waals surface area contributed by atoms with E-state index >= 15 is 0 Å². The smallest absolute Gasteiger partial charge is 0.130 e. The van der Waals surface area contributed by atoms with Gasteiger partial charge in [0.15, 0.2) is 0 Å². The lowest BCUT2D eigenvalue weighted by Crippen LogP contribution is -2.17. The average Bonchev–Trinajstić information content (AvgIpc) is 2.46. The fourth-order valence-corrected chi connectivity index (χ4v) is 1.86. The quantitative estimate of drug-likeness (QED) is 0.808. The second-order valence-electron chi connectivity index (χ2n) is 4.13. The normalized spacial score (nSPS) is 10.4. The second-order valence-corrected chi connectivity index (χ2v) is 4.13. The summed E-state index contributed by atoms with van der Waals surface area (Å²) in [6.07, 6.45) is 0. The van der Waals surface area contributed by atoms with E-state index in [4.69, 9.17) is 9.47 Å². The van der Waals surface area contributed by atoms with E-state index in [1.807, 2.05) is 30.3 Å². The number of benzene rings is 1. The van der Waals surface area contributed by atoms with E-state index in [0.29, 0.717) is 13.2 Å². The molecule has 4 nitrogen and oxygen atoms in total. The van der Waals surface area contributed by atoms with Crippen molar-refractivity contribution in [2.24, 2.45) is 0 Å². The predicted octanol–water partition coefficient (Wildman–Crippen LogP) is 2.45. The zero-order valence-corrected chi connectivity index (χ0v) is 11.3. The van der Waals surface area contributed by atoms with Gasteiger partial charge in [-0.1, -0.05) is 18.7 Å². The van der Waals surface area contributed by atoms with Crippen LogP contribution in [0.1, 0.15) is 5.69 Å². The van der Waals surface area contributed by atoms with Gasteiger partial charge in [0, 0.05) is 25.1 Å². The van der Waals surface area contributed by atoms with Crippen LogP contribution in [-0.4, -0.2) is 32.4 Å². The average molecular weight is 258 g/mol. The molecule has 0 radical (unpaired) electrons. The maximum absolute atomic E-state index is 5.41. The van der Waals surface area contributed by atoms with Crippen molar-refractivity contribution < 1.29 is 9.47 Å². The molecule has 19 heavy (non-hydrogen) atoms. The first-order valence-electron chi connectivity index (χ1n) is 6.12. The van der Waals surface area contributed by atoms with Crippen LogP contribution in [0.5, 0.6) is 5.75 Å². The molecule has 4 heteroatoms. The number of nitrogens with one attached hydrogen (secondary N) is 1. The van der Waals surface area contributed by atoms with Crippen LogP contribution < -0.4 is 10.1 Å². The van der Waals surface area contributed by atoms with Gasteiger partial charge in [0.05, 0.1) is 30.6 Å². The fourth-order valence-electron chi connectivity index (χ4n) is 1.86. The lowest BCUT2D eigenvalue weighted by molar-refractivity contribution is 0.203. The van der Waals surface area contributed by atoms with Gasteiger partial charge in [0.25, 0.3) is 0 Å². The number of para-hydroxylation sites is 1. The van der Waals surface area contributed by atoms with Crippen molar-refractivity contribution in [2.75, 3.05) is 27.4 Å². The van der Waals surface area contributed by atoms with E-state index in [9.17, 15) is 0 Å². The molecule has 1 N–H and O–H groups in total. The van der Waals surface area contributed by atoms with Crippen LogP contribution in [0.4, 0.5) is 0 Å². The molecule has 0 aliphatic heterocycles. The predicted molar refractivity (Wildman–Crippen MR) is 77.2 cm³/mol. The Morgan fingerprint density at radius 1 is 1.32 bits per heavy atom. The molecule has 0 bridgehead atoms. The van der Waals surface area contributed by atoms with Gasteiger partial charge in [-0.2, -0.15) is 0 Å². The Hall–Kier alpha value is -2.07. The summed E-state index contributed by atoms with van der Waals surface area (Å²) in [6, 6.07) is 9.78. The van der Waals surface area contributed by atoms with Crippen molar-refractivity contribution in [3.05, 3.63) is 42.6 Å². The molecular formula is C15H18N2O2. The van der Waals surface area contributed by atoms with Gasteiger partial charge in [-0.25, -0.2) is 4.98 Å². The molecule has 0 saturated heterocycles. The number of pyridine rings is 1. The lowest BCUT2D eigenvalue weighted by atomic mass is 10.1. The molecule has 0 amide bonds. The molecule has 2 aromatic rings. The van der Waals surface area contributed by atoms with E-state index in [0.717, 1.165) is 28.0 Å². The highest BCUT2D eigenvalue weighted by Crippen LogP contribution is 2.26. The summed E-state index contributed by atoms with van der Waals surface area (Å²) in [5.41, 5.74) is 2.44. The van der Waals surface area contributed by atoms with E-state index in [-0.39, 0.29) is 0 Å². The molecular weight excluding hydrogens is 240 g/mol. The van der Waals surface area contributed by atoms with Crippen LogP contribution in [0.15, 0.2) is 36.9 Å². The van der Waals surface area contributed by atoms with Crippen LogP contribution in [0.3, 0.4) is 0 Å². The van der Waals surface area contributed by atoms with Gasteiger partial charge < -0.3 is 14.8 Å². The molecule has 0 atom stereocenters. The molecule has 1 heterocycles. The zero-order valence-electron chi connectivity index (χ0n) is 11.3. The Kier molecular flexibility index (Phi) is 4.36. The Labute approximate surface area is 113 Å². The summed E-state index contributed by atoms with van der Waals surface area (Å²) in [4.78, 5) is 4.58. The number of methoxy groups -OCH3 is 2. The van der Waals surface area contributed by atoms with E-state index < -0.39 is 0 Å². The number of hydrogen-bond acceptors (Lipinski definition) is 4. The third kappa shape index (κ3) is 3.03. The Balaban J connectivity index is 2.31. The second kappa shape index (κ2) is 6.20. The Morgan fingerprint density at radius 3 is 2.84 bits per heavy atom. The number of hydrogen-bond donors (Lipinski definition) is 1. The molecule has 1 aromatic heterocycles. The molecule has 0 fully saturated rings. The van der Waals surface area contributed by atoms with Gasteiger partial charge in [-0.3, -0.25) is 0 Å². The van der Waals surface area contributed by atoms with Crippen molar-refractivity contribution in [3.63, 3.8) is 0 Å². The van der Waals surface area contributed by atoms with Crippen molar-refractivity contribution in [3.8, 4) is 5.75 Å². The summed E-state index contributed by atoms with van der Waals surface area (Å²) in [5.74, 6) is 0.801. The van der Waals surface area contributed by atoms with Crippen LogP contribution in [0.25, 0.3) is 16.6 Å². The summed E-state index contributed by atoms with van der Waals surface area (Å²) in [5, 5.41) is 4.18. The molecule has 0 aliphatic rings. The van der Waals surface area contributed by atoms with Gasteiger partial charge in [-0.05, 0) is 12.1 Å². The molecule has 0 unspecified atom stereocenters. The Bertz CT molecular complexity index is 581. The SMILES string of the molecule is C=C(NCCOC)c1cc(OC)c2ccccc2n1.